The number of methoxy groups -OCH3 is 1. The van der Waals surface area contributed by atoms with Gasteiger partial charge in [-0.05, 0) is 96.2 Å². The Morgan fingerprint density at radius 3 is 2.51 bits per heavy atom. The SMILES string of the molecule is COc1cc(C(=O)N(C/C(C)=C/c2ccc(F)cc2F)CC2CCCN2CC2CCCC2NC(=O)OC(C)(C)C)ccc1OC(F)F. The first-order chi connectivity index (χ1) is 22.2. The summed E-state index contributed by atoms with van der Waals surface area (Å²) in [4.78, 5) is 30.6. The van der Waals surface area contributed by atoms with Gasteiger partial charge in [0.25, 0.3) is 5.91 Å². The molecule has 4 rings (SSSR count). The Morgan fingerprint density at radius 2 is 1.83 bits per heavy atom. The predicted molar refractivity (Wildman–Crippen MR) is 171 cm³/mol. The Morgan fingerprint density at radius 1 is 1.06 bits per heavy atom. The molecule has 12 heteroatoms. The van der Waals surface area contributed by atoms with Gasteiger partial charge in [0.15, 0.2) is 11.5 Å². The minimum absolute atomic E-state index is 0.0102. The first kappa shape index (κ1) is 36.0. The van der Waals surface area contributed by atoms with Crippen molar-refractivity contribution in [2.24, 2.45) is 5.92 Å². The molecular weight excluding hydrogens is 618 g/mol. The Hall–Kier alpha value is -3.80. The van der Waals surface area contributed by atoms with Gasteiger partial charge in [-0.3, -0.25) is 9.69 Å². The van der Waals surface area contributed by atoms with E-state index in [0.29, 0.717) is 12.1 Å². The monoisotopic (exact) mass is 663 g/mol. The second kappa shape index (κ2) is 15.9. The molecule has 0 spiro atoms. The lowest BCUT2D eigenvalue weighted by atomic mass is 10.0. The average molecular weight is 664 g/mol. The molecule has 1 saturated heterocycles. The molecule has 2 fully saturated rings. The summed E-state index contributed by atoms with van der Waals surface area (Å²) in [6.45, 7) is 6.27. The van der Waals surface area contributed by atoms with Crippen molar-refractivity contribution >= 4 is 18.1 Å². The van der Waals surface area contributed by atoms with Crippen molar-refractivity contribution < 1.29 is 41.4 Å². The van der Waals surface area contributed by atoms with Crippen LogP contribution in [0.25, 0.3) is 6.08 Å². The summed E-state index contributed by atoms with van der Waals surface area (Å²) >= 11 is 0. The lowest BCUT2D eigenvalue weighted by Gasteiger charge is -2.34. The summed E-state index contributed by atoms with van der Waals surface area (Å²) < 4.78 is 69.0. The minimum Gasteiger partial charge on any atom is -0.493 e. The van der Waals surface area contributed by atoms with Crippen LogP contribution < -0.4 is 14.8 Å². The number of carbonyl (C=O) groups is 2. The van der Waals surface area contributed by atoms with Crippen molar-refractivity contribution in [2.75, 3.05) is 33.3 Å². The fraction of sp³-hybridized carbons (Fsp3) is 0.543. The van der Waals surface area contributed by atoms with E-state index < -0.39 is 29.9 Å². The van der Waals surface area contributed by atoms with Crippen molar-refractivity contribution in [3.05, 3.63) is 64.7 Å². The molecule has 1 heterocycles. The maximum absolute atomic E-state index is 14.5. The van der Waals surface area contributed by atoms with Gasteiger partial charge in [0.1, 0.15) is 17.2 Å². The van der Waals surface area contributed by atoms with Crippen LogP contribution in [-0.2, 0) is 4.74 Å². The van der Waals surface area contributed by atoms with Gasteiger partial charge in [-0.15, -0.1) is 0 Å². The molecule has 0 radical (unpaired) electrons. The molecule has 2 amide bonds. The second-order valence-corrected chi connectivity index (χ2v) is 13.3. The van der Waals surface area contributed by atoms with E-state index in [-0.39, 0.29) is 53.1 Å². The van der Waals surface area contributed by atoms with E-state index in [4.69, 9.17) is 9.47 Å². The maximum atomic E-state index is 14.5. The minimum atomic E-state index is -3.06. The van der Waals surface area contributed by atoms with Gasteiger partial charge < -0.3 is 24.4 Å². The van der Waals surface area contributed by atoms with Crippen molar-refractivity contribution in [3.63, 3.8) is 0 Å². The number of hydrogen-bond acceptors (Lipinski definition) is 6. The largest absolute Gasteiger partial charge is 0.493 e. The van der Waals surface area contributed by atoms with Gasteiger partial charge in [-0.25, -0.2) is 13.6 Å². The number of hydrogen-bond donors (Lipinski definition) is 1. The Kier molecular flexibility index (Phi) is 12.2. The highest BCUT2D eigenvalue weighted by Gasteiger charge is 2.36. The molecule has 1 saturated carbocycles. The number of carbonyl (C=O) groups excluding carboxylic acids is 2. The molecule has 2 aliphatic rings. The number of nitrogens with zero attached hydrogens (tertiary/aromatic N) is 2. The molecule has 2 aromatic carbocycles. The number of rotatable bonds is 12. The molecule has 3 atom stereocenters. The van der Waals surface area contributed by atoms with Crippen LogP contribution in [-0.4, -0.2) is 79.4 Å². The van der Waals surface area contributed by atoms with Crippen molar-refractivity contribution in [1.29, 1.82) is 0 Å². The van der Waals surface area contributed by atoms with E-state index in [1.807, 2.05) is 20.8 Å². The molecule has 1 N–H and O–H groups in total. The maximum Gasteiger partial charge on any atom is 0.407 e. The molecule has 8 nitrogen and oxygen atoms in total. The zero-order valence-electron chi connectivity index (χ0n) is 27.7. The second-order valence-electron chi connectivity index (χ2n) is 13.3. The van der Waals surface area contributed by atoms with Crippen molar-refractivity contribution in [3.8, 4) is 11.5 Å². The van der Waals surface area contributed by atoms with Crippen molar-refractivity contribution in [2.45, 2.75) is 84.1 Å². The Labute approximate surface area is 274 Å². The lowest BCUT2D eigenvalue weighted by Crippen LogP contribution is -2.48. The highest BCUT2D eigenvalue weighted by atomic mass is 19.3. The van der Waals surface area contributed by atoms with Gasteiger partial charge in [-0.2, -0.15) is 8.78 Å². The van der Waals surface area contributed by atoms with Gasteiger partial charge in [-0.1, -0.05) is 18.1 Å². The number of benzene rings is 2. The van der Waals surface area contributed by atoms with E-state index in [1.54, 1.807) is 17.9 Å². The molecule has 1 aliphatic heterocycles. The Bertz CT molecular complexity index is 1430. The summed E-state index contributed by atoms with van der Waals surface area (Å²) in [6.07, 6.45) is 5.75. The quantitative estimate of drug-likeness (QED) is 0.241. The van der Waals surface area contributed by atoms with Crippen LogP contribution in [0.3, 0.4) is 0 Å². The summed E-state index contributed by atoms with van der Waals surface area (Å²) in [7, 11) is 1.30. The molecular formula is C35H45F4N3O5. The van der Waals surface area contributed by atoms with Crippen LogP contribution in [0.15, 0.2) is 42.0 Å². The van der Waals surface area contributed by atoms with E-state index in [9.17, 15) is 27.2 Å². The third-order valence-corrected chi connectivity index (χ3v) is 8.48. The highest BCUT2D eigenvalue weighted by molar-refractivity contribution is 5.95. The van der Waals surface area contributed by atoms with Crippen LogP contribution in [0.2, 0.25) is 0 Å². The normalized spacial score (nSPS) is 20.4. The standard InChI is InChI=1S/C35H45F4N3O5/c1-22(16-23-11-13-26(36)18-28(23)37)19-42(32(43)24-12-14-30(46-33(38)39)31(17-24)45-5)21-27-9-7-15-41(27)20-25-8-6-10-29(25)40-34(44)47-35(2,3)4/h11-14,16-18,25,27,29,33H,6-10,15,19-21H2,1-5H3,(H,40,44)/b22-16+. The third kappa shape index (κ3) is 10.3. The van der Waals surface area contributed by atoms with E-state index in [1.165, 1.54) is 37.4 Å². The molecule has 258 valence electrons. The fourth-order valence-corrected chi connectivity index (χ4v) is 6.43. The predicted octanol–water partition coefficient (Wildman–Crippen LogP) is 7.28. The van der Waals surface area contributed by atoms with Crippen LogP contribution in [0.1, 0.15) is 75.7 Å². The zero-order valence-corrected chi connectivity index (χ0v) is 27.7. The third-order valence-electron chi connectivity index (χ3n) is 8.48. The van der Waals surface area contributed by atoms with Crippen LogP contribution >= 0.6 is 0 Å². The first-order valence-corrected chi connectivity index (χ1v) is 16.0. The average Bonchev–Trinajstić information content (AvgIpc) is 3.61. The number of nitrogens with one attached hydrogen (secondary N) is 1. The molecule has 47 heavy (non-hydrogen) atoms. The van der Waals surface area contributed by atoms with Crippen LogP contribution in [0, 0.1) is 17.6 Å². The van der Waals surface area contributed by atoms with Crippen molar-refractivity contribution in [1.82, 2.24) is 15.1 Å². The summed E-state index contributed by atoms with van der Waals surface area (Å²) in [6, 6.07) is 7.37. The topological polar surface area (TPSA) is 80.3 Å². The summed E-state index contributed by atoms with van der Waals surface area (Å²) in [5.41, 5.74) is 0.476. The van der Waals surface area contributed by atoms with Gasteiger partial charge in [0.05, 0.1) is 7.11 Å². The zero-order chi connectivity index (χ0) is 34.3. The molecule has 3 unspecified atom stereocenters. The molecule has 0 bridgehead atoms. The molecule has 0 aromatic heterocycles. The van der Waals surface area contributed by atoms with Crippen LogP contribution in [0.4, 0.5) is 22.4 Å². The van der Waals surface area contributed by atoms with E-state index in [2.05, 4.69) is 15.0 Å². The molecule has 2 aromatic rings. The number of alkyl halides is 2. The van der Waals surface area contributed by atoms with E-state index >= 15 is 0 Å². The first-order valence-electron chi connectivity index (χ1n) is 16.0. The number of halogens is 4. The highest BCUT2D eigenvalue weighted by Crippen LogP contribution is 2.32. The number of likely N-dealkylation sites (tertiary alicyclic amines) is 1. The smallest absolute Gasteiger partial charge is 0.407 e. The van der Waals surface area contributed by atoms with Gasteiger partial charge in [0.2, 0.25) is 0 Å². The Balaban J connectivity index is 1.54. The number of amides is 2. The number of ether oxygens (including phenoxy) is 3. The molecule has 1 aliphatic carbocycles. The summed E-state index contributed by atoms with van der Waals surface area (Å²) in [5, 5.41) is 3.06. The number of alkyl carbamates (subject to hydrolysis) is 1. The lowest BCUT2D eigenvalue weighted by molar-refractivity contribution is -0.0512. The van der Waals surface area contributed by atoms with Crippen LogP contribution in [0.5, 0.6) is 11.5 Å². The van der Waals surface area contributed by atoms with Gasteiger partial charge >= 0.3 is 12.7 Å². The van der Waals surface area contributed by atoms with E-state index in [0.717, 1.165) is 51.3 Å². The van der Waals surface area contributed by atoms with Gasteiger partial charge in [0, 0.05) is 48.9 Å². The summed E-state index contributed by atoms with van der Waals surface area (Å²) in [5.74, 6) is -1.74. The fourth-order valence-electron chi connectivity index (χ4n) is 6.43.